The van der Waals surface area contributed by atoms with E-state index in [-0.39, 0.29) is 0 Å². The van der Waals surface area contributed by atoms with E-state index in [1.807, 2.05) is 0 Å². The molecule has 2 N–H and O–H groups in total. The summed E-state index contributed by atoms with van der Waals surface area (Å²) >= 11 is 0. The van der Waals surface area contributed by atoms with Crippen LogP contribution in [0.25, 0.3) is 0 Å². The van der Waals surface area contributed by atoms with Gasteiger partial charge in [0.2, 0.25) is 5.75 Å². The molecule has 0 saturated carbocycles. The molecule has 0 amide bonds. The highest BCUT2D eigenvalue weighted by Crippen LogP contribution is 2.40. The first-order valence-corrected chi connectivity index (χ1v) is 7.98. The molecule has 2 aromatic rings. The molecule has 0 bridgehead atoms. The Hall–Kier alpha value is -2.64. The largest absolute Gasteiger partial charge is 0.493 e. The van der Waals surface area contributed by atoms with Gasteiger partial charge in [-0.25, -0.2) is 0 Å². The van der Waals surface area contributed by atoms with Gasteiger partial charge in [0.15, 0.2) is 29.1 Å². The van der Waals surface area contributed by atoms with Crippen LogP contribution in [0.2, 0.25) is 0 Å². The number of methoxy groups -OCH3 is 4. The third-order valence-electron chi connectivity index (χ3n) is 3.91. The number of benzene rings is 2. The van der Waals surface area contributed by atoms with Crippen LogP contribution in [0.3, 0.4) is 0 Å². The summed E-state index contributed by atoms with van der Waals surface area (Å²) in [7, 11) is 5.99. The second-order valence-corrected chi connectivity index (χ2v) is 5.39. The first-order chi connectivity index (χ1) is 12.6. The summed E-state index contributed by atoms with van der Waals surface area (Å²) in [4.78, 5) is 0. The summed E-state index contributed by atoms with van der Waals surface area (Å²) in [6.45, 7) is -0.407. The topological polar surface area (TPSA) is 86.6 Å². The zero-order valence-corrected chi connectivity index (χ0v) is 15.3. The smallest absolute Gasteiger partial charge is 0.203 e. The van der Waals surface area contributed by atoms with Crippen molar-refractivity contribution in [1.29, 1.82) is 0 Å². The zero-order chi connectivity index (χ0) is 19.1. The number of rotatable bonds is 9. The number of hydrogen-bond donors (Lipinski definition) is 2. The van der Waals surface area contributed by atoms with Crippen molar-refractivity contribution in [3.63, 3.8) is 0 Å². The number of hydrogen-bond acceptors (Lipinski definition) is 7. The Bertz CT molecular complexity index is 692. The highest BCUT2D eigenvalue weighted by atomic mass is 16.5. The third kappa shape index (κ3) is 4.12. The summed E-state index contributed by atoms with van der Waals surface area (Å²) in [6.07, 6.45) is -2.06. The molecule has 0 aliphatic rings. The van der Waals surface area contributed by atoms with Crippen LogP contribution in [0.15, 0.2) is 36.4 Å². The number of aliphatic hydroxyl groups excluding tert-OH is 2. The van der Waals surface area contributed by atoms with E-state index in [1.165, 1.54) is 28.4 Å². The molecule has 2 atom stereocenters. The Labute approximate surface area is 152 Å². The molecule has 26 heavy (non-hydrogen) atoms. The summed E-state index contributed by atoms with van der Waals surface area (Å²) in [5, 5.41) is 20.5. The molecule has 0 heterocycles. The highest BCUT2D eigenvalue weighted by Gasteiger charge is 2.26. The quantitative estimate of drug-likeness (QED) is 0.705. The number of aliphatic hydroxyl groups is 2. The van der Waals surface area contributed by atoms with E-state index in [1.54, 1.807) is 36.4 Å². The van der Waals surface area contributed by atoms with Crippen LogP contribution in [-0.4, -0.2) is 51.4 Å². The van der Waals surface area contributed by atoms with Crippen molar-refractivity contribution in [3.8, 4) is 28.7 Å². The summed E-state index contributed by atoms with van der Waals surface area (Å²) in [5.74, 6) is 2.13. The maximum Gasteiger partial charge on any atom is 0.203 e. The van der Waals surface area contributed by atoms with Crippen LogP contribution in [0.5, 0.6) is 28.7 Å². The van der Waals surface area contributed by atoms with Crippen molar-refractivity contribution in [2.24, 2.45) is 0 Å². The standard InChI is InChI=1S/C19H24O7/c1-22-13-7-5-6-8-14(13)26-17(11-20)18(21)12-9-15(23-2)19(25-4)16(10-12)24-3/h5-10,17-18,20-21H,11H2,1-4H3/t17-,18+/m0/s1. The molecule has 0 saturated heterocycles. The molecule has 7 heteroatoms. The third-order valence-corrected chi connectivity index (χ3v) is 3.91. The fraction of sp³-hybridized carbons (Fsp3) is 0.368. The first kappa shape index (κ1) is 19.7. The molecule has 0 unspecified atom stereocenters. The van der Waals surface area contributed by atoms with Crippen LogP contribution in [0.1, 0.15) is 11.7 Å². The number of ether oxygens (including phenoxy) is 5. The zero-order valence-electron chi connectivity index (χ0n) is 15.3. The summed E-state index contributed by atoms with van der Waals surface area (Å²) < 4.78 is 26.9. The van der Waals surface area contributed by atoms with E-state index < -0.39 is 18.8 Å². The molecule has 0 aromatic heterocycles. The maximum atomic E-state index is 10.7. The molecular formula is C19H24O7. The van der Waals surface area contributed by atoms with Crippen LogP contribution < -0.4 is 23.7 Å². The van der Waals surface area contributed by atoms with Gasteiger partial charge < -0.3 is 33.9 Å². The predicted molar refractivity (Wildman–Crippen MR) is 95.6 cm³/mol. The SMILES string of the molecule is COc1ccccc1O[C@@H](CO)[C@H](O)c1cc(OC)c(OC)c(OC)c1. The Morgan fingerprint density at radius 1 is 0.808 bits per heavy atom. The monoisotopic (exact) mass is 364 g/mol. The minimum Gasteiger partial charge on any atom is -0.493 e. The van der Waals surface area contributed by atoms with Crippen molar-refractivity contribution in [2.75, 3.05) is 35.0 Å². The van der Waals surface area contributed by atoms with Gasteiger partial charge in [-0.1, -0.05) is 12.1 Å². The molecular weight excluding hydrogens is 340 g/mol. The second-order valence-electron chi connectivity index (χ2n) is 5.39. The Morgan fingerprint density at radius 2 is 1.35 bits per heavy atom. The Morgan fingerprint density at radius 3 is 1.81 bits per heavy atom. The van der Waals surface area contributed by atoms with Gasteiger partial charge in [-0.2, -0.15) is 0 Å². The van der Waals surface area contributed by atoms with E-state index in [2.05, 4.69) is 0 Å². The van der Waals surface area contributed by atoms with Crippen LogP contribution >= 0.6 is 0 Å². The lowest BCUT2D eigenvalue weighted by atomic mass is 10.0. The molecule has 0 spiro atoms. The fourth-order valence-electron chi connectivity index (χ4n) is 2.57. The van der Waals surface area contributed by atoms with Gasteiger partial charge in [-0.3, -0.25) is 0 Å². The average molecular weight is 364 g/mol. The van der Waals surface area contributed by atoms with Crippen LogP contribution in [0, 0.1) is 0 Å². The molecule has 0 radical (unpaired) electrons. The Balaban J connectivity index is 2.34. The highest BCUT2D eigenvalue weighted by molar-refractivity contribution is 5.54. The van der Waals surface area contributed by atoms with Gasteiger partial charge in [-0.15, -0.1) is 0 Å². The summed E-state index contributed by atoms with van der Waals surface area (Å²) in [5.41, 5.74) is 0.452. The molecule has 0 fully saturated rings. The molecule has 2 aromatic carbocycles. The van der Waals surface area contributed by atoms with Crippen molar-refractivity contribution in [2.45, 2.75) is 12.2 Å². The molecule has 0 aliphatic carbocycles. The minimum atomic E-state index is -1.14. The van der Waals surface area contributed by atoms with Gasteiger partial charge in [-0.05, 0) is 29.8 Å². The van der Waals surface area contributed by atoms with Gasteiger partial charge in [0.25, 0.3) is 0 Å². The fourth-order valence-corrected chi connectivity index (χ4v) is 2.57. The molecule has 0 aliphatic heterocycles. The van der Waals surface area contributed by atoms with Crippen molar-refractivity contribution in [3.05, 3.63) is 42.0 Å². The lowest BCUT2D eigenvalue weighted by molar-refractivity contribution is -0.000612. The van der Waals surface area contributed by atoms with Crippen LogP contribution in [-0.2, 0) is 0 Å². The lowest BCUT2D eigenvalue weighted by Crippen LogP contribution is -2.29. The number of para-hydroxylation sites is 2. The second kappa shape index (κ2) is 9.17. The van der Waals surface area contributed by atoms with Crippen molar-refractivity contribution < 1.29 is 33.9 Å². The van der Waals surface area contributed by atoms with E-state index >= 15 is 0 Å². The average Bonchev–Trinajstić information content (AvgIpc) is 2.70. The predicted octanol–water partition coefficient (Wildman–Crippen LogP) is 2.19. The van der Waals surface area contributed by atoms with E-state index in [0.29, 0.717) is 34.3 Å². The van der Waals surface area contributed by atoms with Crippen molar-refractivity contribution in [1.82, 2.24) is 0 Å². The molecule has 7 nitrogen and oxygen atoms in total. The molecule has 2 rings (SSSR count). The normalized spacial score (nSPS) is 12.8. The van der Waals surface area contributed by atoms with Gasteiger partial charge in [0.05, 0.1) is 35.0 Å². The molecule has 142 valence electrons. The van der Waals surface area contributed by atoms with Crippen LogP contribution in [0.4, 0.5) is 0 Å². The van der Waals surface area contributed by atoms with E-state index in [9.17, 15) is 10.2 Å². The lowest BCUT2D eigenvalue weighted by Gasteiger charge is -2.24. The van der Waals surface area contributed by atoms with E-state index in [4.69, 9.17) is 23.7 Å². The summed E-state index contributed by atoms with van der Waals surface area (Å²) in [6, 6.07) is 10.2. The van der Waals surface area contributed by atoms with Gasteiger partial charge in [0, 0.05) is 0 Å². The maximum absolute atomic E-state index is 10.7. The van der Waals surface area contributed by atoms with Gasteiger partial charge in [0.1, 0.15) is 6.10 Å². The first-order valence-electron chi connectivity index (χ1n) is 7.98. The minimum absolute atomic E-state index is 0.398. The van der Waals surface area contributed by atoms with E-state index in [0.717, 1.165) is 0 Å². The Kier molecular flexibility index (Phi) is 6.94. The van der Waals surface area contributed by atoms with Gasteiger partial charge >= 0.3 is 0 Å². The van der Waals surface area contributed by atoms with Crippen molar-refractivity contribution >= 4 is 0 Å².